The lowest BCUT2D eigenvalue weighted by molar-refractivity contribution is -0.161. The first-order valence-electron chi connectivity index (χ1n) is 39.6. The van der Waals surface area contributed by atoms with Crippen molar-refractivity contribution < 1.29 is 80.2 Å². The summed E-state index contributed by atoms with van der Waals surface area (Å²) in [5.41, 5.74) is 0. The number of unbranched alkanes of at least 4 members (excludes halogenated alkanes) is 43. The fraction of sp³-hybridized carbons (Fsp3) is 0.947. The average Bonchev–Trinajstić information content (AvgIpc) is 1.88. The quantitative estimate of drug-likeness (QED) is 0.0222. The Kier molecular flexibility index (Phi) is 66.5. The van der Waals surface area contributed by atoms with Gasteiger partial charge in [-0.2, -0.15) is 0 Å². The number of phosphoric ester groups is 2. The van der Waals surface area contributed by atoms with E-state index in [0.717, 1.165) is 102 Å². The number of rotatable bonds is 75. The van der Waals surface area contributed by atoms with Crippen LogP contribution in [0, 0.1) is 11.8 Å². The van der Waals surface area contributed by atoms with Gasteiger partial charge in [-0.15, -0.1) is 0 Å². The van der Waals surface area contributed by atoms with Crippen molar-refractivity contribution in [2.75, 3.05) is 39.6 Å². The minimum absolute atomic E-state index is 0.103. The maximum atomic E-state index is 13.1. The lowest BCUT2D eigenvalue weighted by atomic mass is 9.99. The summed E-state index contributed by atoms with van der Waals surface area (Å²) in [6, 6.07) is 0. The van der Waals surface area contributed by atoms with E-state index in [4.69, 9.17) is 37.0 Å². The summed E-state index contributed by atoms with van der Waals surface area (Å²) >= 11 is 0. The monoisotopic (exact) mass is 1400 g/mol. The summed E-state index contributed by atoms with van der Waals surface area (Å²) in [5.74, 6) is -0.528. The molecule has 7 atom stereocenters. The topological polar surface area (TPSA) is 237 Å². The van der Waals surface area contributed by atoms with Crippen molar-refractivity contribution in [2.24, 2.45) is 11.8 Å². The van der Waals surface area contributed by atoms with Crippen LogP contribution in [0.2, 0.25) is 0 Å². The van der Waals surface area contributed by atoms with Gasteiger partial charge in [0.25, 0.3) is 0 Å². The van der Waals surface area contributed by atoms with Gasteiger partial charge >= 0.3 is 39.5 Å². The molecule has 0 saturated heterocycles. The van der Waals surface area contributed by atoms with Gasteiger partial charge in [0.15, 0.2) is 12.2 Å². The van der Waals surface area contributed by atoms with Gasteiger partial charge in [-0.05, 0) is 37.5 Å². The molecule has 0 aliphatic heterocycles. The molecule has 0 aromatic rings. The molecule has 0 fully saturated rings. The van der Waals surface area contributed by atoms with Crippen LogP contribution in [-0.2, 0) is 65.4 Å². The zero-order valence-corrected chi connectivity index (χ0v) is 63.8. The Labute approximate surface area is 581 Å². The highest BCUT2D eigenvalue weighted by Gasteiger charge is 2.30. The molecule has 3 N–H and O–H groups in total. The molecule has 0 aromatic carbocycles. The number of esters is 4. The fourth-order valence-electron chi connectivity index (χ4n) is 11.6. The number of aliphatic hydroxyl groups excluding tert-OH is 1. The van der Waals surface area contributed by atoms with Crippen molar-refractivity contribution in [3.63, 3.8) is 0 Å². The van der Waals surface area contributed by atoms with E-state index >= 15 is 0 Å². The van der Waals surface area contributed by atoms with E-state index in [0.29, 0.717) is 25.7 Å². The van der Waals surface area contributed by atoms with Gasteiger partial charge in [-0.25, -0.2) is 9.13 Å². The van der Waals surface area contributed by atoms with E-state index in [1.54, 1.807) is 0 Å². The number of carbonyl (C=O) groups is 4. The smallest absolute Gasteiger partial charge is 0.462 e. The van der Waals surface area contributed by atoms with Crippen LogP contribution >= 0.6 is 15.6 Å². The van der Waals surface area contributed by atoms with Crippen LogP contribution in [0.15, 0.2) is 0 Å². The molecule has 19 heteroatoms. The summed E-state index contributed by atoms with van der Waals surface area (Å²) in [6.45, 7) is 9.59. The van der Waals surface area contributed by atoms with E-state index < -0.39 is 97.5 Å². The minimum Gasteiger partial charge on any atom is -0.462 e. The summed E-state index contributed by atoms with van der Waals surface area (Å²) in [5, 5.41) is 10.6. The average molecular weight is 1400 g/mol. The largest absolute Gasteiger partial charge is 0.472 e. The molecule has 17 nitrogen and oxygen atoms in total. The molecule has 0 saturated carbocycles. The van der Waals surface area contributed by atoms with Crippen molar-refractivity contribution in [3.05, 3.63) is 0 Å². The number of ether oxygens (including phenoxy) is 4. The van der Waals surface area contributed by atoms with E-state index in [1.807, 2.05) is 0 Å². The zero-order chi connectivity index (χ0) is 70.0. The third-order valence-electron chi connectivity index (χ3n) is 18.4. The van der Waals surface area contributed by atoms with Crippen LogP contribution in [0.5, 0.6) is 0 Å². The molecule has 0 bridgehead atoms. The van der Waals surface area contributed by atoms with E-state index in [2.05, 4.69) is 41.5 Å². The highest BCUT2D eigenvalue weighted by Crippen LogP contribution is 2.45. The molecule has 0 aliphatic carbocycles. The minimum atomic E-state index is -4.96. The van der Waals surface area contributed by atoms with Crippen molar-refractivity contribution in [3.8, 4) is 0 Å². The second kappa shape index (κ2) is 67.9. The molecule has 0 aliphatic rings. The molecular weight excluding hydrogens is 1250 g/mol. The SMILES string of the molecule is CCCCCCCCCCCCCCCCC(=O)OC[C@H](COP(=O)(O)OC[C@@H](O)COP(=O)(O)OC[C@@H](COC(=O)CCCCCCCCCCC)OC(=O)CCCCCCCCC(C)CC)OC(=O)CCCCCCCCCCCCCCCCCCCCC(C)CC. The summed E-state index contributed by atoms with van der Waals surface area (Å²) in [6.07, 6.45) is 55.6. The van der Waals surface area contributed by atoms with Crippen LogP contribution in [0.3, 0.4) is 0 Å². The Morgan fingerprint density at radius 2 is 0.505 bits per heavy atom. The molecular formula is C76H148O17P2. The first-order chi connectivity index (χ1) is 45.9. The van der Waals surface area contributed by atoms with Gasteiger partial charge in [-0.3, -0.25) is 37.3 Å². The number of hydrogen-bond donors (Lipinski definition) is 3. The highest BCUT2D eigenvalue weighted by atomic mass is 31.2. The summed E-state index contributed by atoms with van der Waals surface area (Å²) < 4.78 is 68.4. The molecule has 95 heavy (non-hydrogen) atoms. The van der Waals surface area contributed by atoms with Gasteiger partial charge < -0.3 is 33.8 Å². The zero-order valence-electron chi connectivity index (χ0n) is 62.0. The predicted octanol–water partition coefficient (Wildman–Crippen LogP) is 22.3. The van der Waals surface area contributed by atoms with Gasteiger partial charge in [0.1, 0.15) is 19.3 Å². The van der Waals surface area contributed by atoms with E-state index in [1.165, 1.54) is 212 Å². The van der Waals surface area contributed by atoms with Gasteiger partial charge in [0.2, 0.25) is 0 Å². The normalized spacial score (nSPS) is 14.6. The Hall–Kier alpha value is -1.94. The molecule has 0 radical (unpaired) electrons. The molecule has 0 spiro atoms. The standard InChI is InChI=1S/C76H148O17P2/c1-7-11-13-15-17-19-20-21-29-32-36-40-47-53-59-74(79)87-64-71(92-75(80)60-54-48-41-37-33-30-27-25-23-22-24-26-28-31-35-38-44-50-56-68(5)9-3)66-90-94(82,83)88-62-70(77)63-89-95(84,85)91-67-72(65-86-73(78)58-52-46-39-34-18-16-14-12-8-2)93-76(81)61-55-49-43-42-45-51-57-69(6)10-4/h68-72,77H,7-67H2,1-6H3,(H,82,83)(H,84,85)/t68?,69?,70-,71-,72-/m1/s1. The highest BCUT2D eigenvalue weighted by molar-refractivity contribution is 7.47. The Balaban J connectivity index is 5.17. The Bertz CT molecular complexity index is 1840. The van der Waals surface area contributed by atoms with Crippen LogP contribution in [-0.4, -0.2) is 96.7 Å². The third kappa shape index (κ3) is 67.6. The van der Waals surface area contributed by atoms with Crippen molar-refractivity contribution in [1.29, 1.82) is 0 Å². The summed E-state index contributed by atoms with van der Waals surface area (Å²) in [7, 11) is -9.91. The molecule has 0 amide bonds. The summed E-state index contributed by atoms with van der Waals surface area (Å²) in [4.78, 5) is 72.7. The Morgan fingerprint density at radius 1 is 0.295 bits per heavy atom. The van der Waals surface area contributed by atoms with Gasteiger partial charge in [-0.1, -0.05) is 343 Å². The molecule has 0 rings (SSSR count). The number of aliphatic hydroxyl groups is 1. The molecule has 0 heterocycles. The van der Waals surface area contributed by atoms with Crippen molar-refractivity contribution >= 4 is 39.5 Å². The van der Waals surface area contributed by atoms with Gasteiger partial charge in [0.05, 0.1) is 26.4 Å². The maximum absolute atomic E-state index is 13.1. The van der Waals surface area contributed by atoms with Crippen LogP contribution < -0.4 is 0 Å². The lowest BCUT2D eigenvalue weighted by Gasteiger charge is -2.21. The molecule has 4 unspecified atom stereocenters. The number of carbonyl (C=O) groups excluding carboxylic acids is 4. The fourth-order valence-corrected chi connectivity index (χ4v) is 13.2. The van der Waals surface area contributed by atoms with Crippen molar-refractivity contribution in [1.82, 2.24) is 0 Å². The van der Waals surface area contributed by atoms with Crippen LogP contribution in [0.25, 0.3) is 0 Å². The van der Waals surface area contributed by atoms with Crippen LogP contribution in [0.4, 0.5) is 0 Å². The third-order valence-corrected chi connectivity index (χ3v) is 20.3. The molecule has 564 valence electrons. The van der Waals surface area contributed by atoms with Crippen molar-refractivity contribution in [2.45, 2.75) is 413 Å². The predicted molar refractivity (Wildman–Crippen MR) is 386 cm³/mol. The number of phosphoric acid groups is 2. The lowest BCUT2D eigenvalue weighted by Crippen LogP contribution is -2.30. The maximum Gasteiger partial charge on any atom is 0.472 e. The second-order valence-electron chi connectivity index (χ2n) is 27.9. The second-order valence-corrected chi connectivity index (χ2v) is 30.8. The number of hydrogen-bond acceptors (Lipinski definition) is 15. The Morgan fingerprint density at radius 3 is 0.747 bits per heavy atom. The molecule has 0 aromatic heterocycles. The first-order valence-corrected chi connectivity index (χ1v) is 42.6. The van der Waals surface area contributed by atoms with Crippen LogP contribution in [0.1, 0.15) is 395 Å². The first kappa shape index (κ1) is 93.1. The van der Waals surface area contributed by atoms with Gasteiger partial charge in [0, 0.05) is 25.7 Å². The van der Waals surface area contributed by atoms with E-state index in [-0.39, 0.29) is 25.7 Å². The van der Waals surface area contributed by atoms with E-state index in [9.17, 15) is 43.2 Å².